The van der Waals surface area contributed by atoms with E-state index in [0.717, 1.165) is 18.4 Å². The molecule has 0 saturated carbocycles. The SMILES string of the molecule is CC(C(=O)O)C(=O)NC1c2ccccc2CCC1C. The molecule has 2 rings (SSSR count). The largest absolute Gasteiger partial charge is 0.481 e. The van der Waals surface area contributed by atoms with Gasteiger partial charge in [-0.3, -0.25) is 9.59 Å². The normalized spacial score (nSPS) is 23.3. The Morgan fingerprint density at radius 3 is 2.74 bits per heavy atom. The quantitative estimate of drug-likeness (QED) is 0.819. The molecule has 0 spiro atoms. The highest BCUT2D eigenvalue weighted by Crippen LogP contribution is 2.34. The van der Waals surface area contributed by atoms with E-state index in [4.69, 9.17) is 5.11 Å². The molecule has 0 fully saturated rings. The molecular formula is C15H19NO3. The molecule has 3 atom stereocenters. The van der Waals surface area contributed by atoms with Gasteiger partial charge >= 0.3 is 5.97 Å². The molecule has 19 heavy (non-hydrogen) atoms. The Bertz CT molecular complexity index is 498. The van der Waals surface area contributed by atoms with Gasteiger partial charge in [-0.05, 0) is 36.8 Å². The molecule has 1 aliphatic carbocycles. The lowest BCUT2D eigenvalue weighted by Crippen LogP contribution is -2.40. The van der Waals surface area contributed by atoms with Gasteiger partial charge in [-0.1, -0.05) is 31.2 Å². The summed E-state index contributed by atoms with van der Waals surface area (Å²) in [5, 5.41) is 11.8. The average Bonchev–Trinajstić information content (AvgIpc) is 2.40. The number of hydrogen-bond acceptors (Lipinski definition) is 2. The van der Waals surface area contributed by atoms with Gasteiger partial charge in [0.2, 0.25) is 5.91 Å². The second-order valence-electron chi connectivity index (χ2n) is 5.26. The summed E-state index contributed by atoms with van der Waals surface area (Å²) < 4.78 is 0. The minimum atomic E-state index is -1.09. The second-order valence-corrected chi connectivity index (χ2v) is 5.26. The highest BCUT2D eigenvalue weighted by atomic mass is 16.4. The molecule has 0 aliphatic heterocycles. The number of amides is 1. The van der Waals surface area contributed by atoms with Crippen LogP contribution >= 0.6 is 0 Å². The summed E-state index contributed by atoms with van der Waals surface area (Å²) in [5.41, 5.74) is 2.36. The maximum atomic E-state index is 11.9. The molecule has 0 radical (unpaired) electrons. The smallest absolute Gasteiger partial charge is 0.315 e. The van der Waals surface area contributed by atoms with Crippen molar-refractivity contribution >= 4 is 11.9 Å². The molecule has 4 nitrogen and oxygen atoms in total. The Morgan fingerprint density at radius 1 is 1.37 bits per heavy atom. The van der Waals surface area contributed by atoms with Crippen molar-refractivity contribution in [2.24, 2.45) is 11.8 Å². The molecule has 1 amide bonds. The van der Waals surface area contributed by atoms with E-state index in [0.29, 0.717) is 5.92 Å². The third-order valence-electron chi connectivity index (χ3n) is 3.89. The molecule has 0 bridgehead atoms. The number of carboxylic acid groups (broad SMARTS) is 1. The third kappa shape index (κ3) is 2.78. The summed E-state index contributed by atoms with van der Waals surface area (Å²) in [6.45, 7) is 3.50. The zero-order chi connectivity index (χ0) is 14.0. The summed E-state index contributed by atoms with van der Waals surface area (Å²) in [7, 11) is 0. The van der Waals surface area contributed by atoms with Crippen molar-refractivity contribution in [1.29, 1.82) is 0 Å². The van der Waals surface area contributed by atoms with E-state index < -0.39 is 17.8 Å². The Morgan fingerprint density at radius 2 is 2.05 bits per heavy atom. The number of rotatable bonds is 3. The number of nitrogens with one attached hydrogen (secondary N) is 1. The van der Waals surface area contributed by atoms with Gasteiger partial charge in [0, 0.05) is 0 Å². The van der Waals surface area contributed by atoms with Crippen molar-refractivity contribution in [1.82, 2.24) is 5.32 Å². The number of fused-ring (bicyclic) bond motifs is 1. The van der Waals surface area contributed by atoms with E-state index in [1.807, 2.05) is 18.2 Å². The fourth-order valence-electron chi connectivity index (χ4n) is 2.53. The Labute approximate surface area is 112 Å². The van der Waals surface area contributed by atoms with E-state index in [1.165, 1.54) is 12.5 Å². The van der Waals surface area contributed by atoms with Crippen molar-refractivity contribution in [3.05, 3.63) is 35.4 Å². The minimum absolute atomic E-state index is 0.0840. The molecule has 0 aromatic heterocycles. The van der Waals surface area contributed by atoms with Crippen LogP contribution in [0.4, 0.5) is 0 Å². The van der Waals surface area contributed by atoms with Crippen LogP contribution in [0, 0.1) is 11.8 Å². The fourth-order valence-corrected chi connectivity index (χ4v) is 2.53. The molecule has 0 heterocycles. The molecule has 3 unspecified atom stereocenters. The predicted molar refractivity (Wildman–Crippen MR) is 71.6 cm³/mol. The molecule has 1 aliphatic rings. The van der Waals surface area contributed by atoms with E-state index in [9.17, 15) is 9.59 Å². The van der Waals surface area contributed by atoms with Gasteiger partial charge in [0.05, 0.1) is 6.04 Å². The Hall–Kier alpha value is -1.84. The van der Waals surface area contributed by atoms with Crippen molar-refractivity contribution in [2.45, 2.75) is 32.7 Å². The first kappa shape index (κ1) is 13.6. The Balaban J connectivity index is 2.20. The monoisotopic (exact) mass is 261 g/mol. The van der Waals surface area contributed by atoms with Gasteiger partial charge in [-0.15, -0.1) is 0 Å². The second kappa shape index (κ2) is 5.43. The van der Waals surface area contributed by atoms with Crippen LogP contribution in [0.2, 0.25) is 0 Å². The Kier molecular flexibility index (Phi) is 3.88. The zero-order valence-electron chi connectivity index (χ0n) is 11.2. The van der Waals surface area contributed by atoms with Crippen molar-refractivity contribution in [3.63, 3.8) is 0 Å². The minimum Gasteiger partial charge on any atom is -0.481 e. The van der Waals surface area contributed by atoms with Crippen molar-refractivity contribution in [2.75, 3.05) is 0 Å². The number of carbonyl (C=O) groups excluding carboxylic acids is 1. The van der Waals surface area contributed by atoms with Crippen LogP contribution in [0.25, 0.3) is 0 Å². The number of carboxylic acids is 1. The van der Waals surface area contributed by atoms with E-state index >= 15 is 0 Å². The van der Waals surface area contributed by atoms with Gasteiger partial charge in [-0.2, -0.15) is 0 Å². The lowest BCUT2D eigenvalue weighted by atomic mass is 9.80. The van der Waals surface area contributed by atoms with Crippen molar-refractivity contribution in [3.8, 4) is 0 Å². The van der Waals surface area contributed by atoms with Crippen LogP contribution in [-0.2, 0) is 16.0 Å². The average molecular weight is 261 g/mol. The van der Waals surface area contributed by atoms with Crippen LogP contribution in [0.1, 0.15) is 37.4 Å². The maximum absolute atomic E-state index is 11.9. The van der Waals surface area contributed by atoms with Gasteiger partial charge in [-0.25, -0.2) is 0 Å². The standard InChI is InChI=1S/C15H19NO3/c1-9-7-8-11-5-3-4-6-12(11)13(9)16-14(17)10(2)15(18)19/h3-6,9-10,13H,7-8H2,1-2H3,(H,16,17)(H,18,19). The molecule has 4 heteroatoms. The number of carbonyl (C=O) groups is 2. The van der Waals surface area contributed by atoms with E-state index in [1.54, 1.807) is 0 Å². The molecule has 102 valence electrons. The van der Waals surface area contributed by atoms with Crippen molar-refractivity contribution < 1.29 is 14.7 Å². The fraction of sp³-hybridized carbons (Fsp3) is 0.467. The van der Waals surface area contributed by atoms with Crippen LogP contribution in [0.5, 0.6) is 0 Å². The molecule has 1 aromatic rings. The van der Waals surface area contributed by atoms with Gasteiger partial charge < -0.3 is 10.4 Å². The first-order valence-corrected chi connectivity index (χ1v) is 6.61. The molecular weight excluding hydrogens is 242 g/mol. The van der Waals surface area contributed by atoms with Gasteiger partial charge in [0.25, 0.3) is 0 Å². The van der Waals surface area contributed by atoms with Crippen LogP contribution in [-0.4, -0.2) is 17.0 Å². The molecule has 1 aromatic carbocycles. The number of benzene rings is 1. The summed E-state index contributed by atoms with van der Waals surface area (Å²) in [5.74, 6) is -2.20. The van der Waals surface area contributed by atoms with Crippen LogP contribution < -0.4 is 5.32 Å². The third-order valence-corrected chi connectivity index (χ3v) is 3.89. The van der Waals surface area contributed by atoms with Crippen LogP contribution in [0.15, 0.2) is 24.3 Å². The van der Waals surface area contributed by atoms with E-state index in [-0.39, 0.29) is 6.04 Å². The number of hydrogen-bond donors (Lipinski definition) is 2. The zero-order valence-corrected chi connectivity index (χ0v) is 11.2. The highest BCUT2D eigenvalue weighted by Gasteiger charge is 2.30. The summed E-state index contributed by atoms with van der Waals surface area (Å²) in [4.78, 5) is 22.8. The predicted octanol–water partition coefficient (Wildman–Crippen LogP) is 2.15. The number of aliphatic carboxylic acids is 1. The first-order valence-electron chi connectivity index (χ1n) is 6.61. The van der Waals surface area contributed by atoms with Crippen LogP contribution in [0.3, 0.4) is 0 Å². The molecule has 2 N–H and O–H groups in total. The number of aryl methyl sites for hydroxylation is 1. The molecule has 0 saturated heterocycles. The maximum Gasteiger partial charge on any atom is 0.315 e. The lowest BCUT2D eigenvalue weighted by Gasteiger charge is -2.32. The lowest BCUT2D eigenvalue weighted by molar-refractivity contribution is -0.146. The first-order chi connectivity index (χ1) is 9.00. The van der Waals surface area contributed by atoms with Gasteiger partial charge in [0.15, 0.2) is 0 Å². The summed E-state index contributed by atoms with van der Waals surface area (Å²) in [6, 6.07) is 7.95. The summed E-state index contributed by atoms with van der Waals surface area (Å²) in [6.07, 6.45) is 2.02. The summed E-state index contributed by atoms with van der Waals surface area (Å²) >= 11 is 0. The highest BCUT2D eigenvalue weighted by molar-refractivity contribution is 5.96. The topological polar surface area (TPSA) is 66.4 Å². The van der Waals surface area contributed by atoms with E-state index in [2.05, 4.69) is 18.3 Å². The van der Waals surface area contributed by atoms with Gasteiger partial charge in [0.1, 0.15) is 5.92 Å².